The Hall–Kier alpha value is -3.68. The highest BCUT2D eigenvalue weighted by molar-refractivity contribution is 5.86. The Kier molecular flexibility index (Phi) is 6.20. The number of hydrogen-bond donors (Lipinski definition) is 1. The SMILES string of the molecule is CCCCN1C(=O)NC(c2ccc(F)cc2)C(c2nc(-c3cccc(OC)c3)no2)=C1C. The third-order valence-electron chi connectivity index (χ3n) is 5.52. The molecule has 0 aliphatic carbocycles. The fourth-order valence-corrected chi connectivity index (χ4v) is 3.76. The molecule has 1 aromatic heterocycles. The maximum Gasteiger partial charge on any atom is 0.322 e. The Morgan fingerprint density at radius 2 is 2.00 bits per heavy atom. The topological polar surface area (TPSA) is 80.5 Å². The Morgan fingerprint density at radius 1 is 1.22 bits per heavy atom. The zero-order chi connectivity index (χ0) is 22.7. The van der Waals surface area contributed by atoms with Crippen LogP contribution in [0.25, 0.3) is 17.0 Å². The fraction of sp³-hybridized carbons (Fsp3) is 0.292. The number of rotatable bonds is 7. The van der Waals surface area contributed by atoms with Gasteiger partial charge in [-0.15, -0.1) is 0 Å². The second kappa shape index (κ2) is 9.21. The number of carbonyl (C=O) groups is 1. The summed E-state index contributed by atoms with van der Waals surface area (Å²) in [7, 11) is 1.60. The number of nitrogens with one attached hydrogen (secondary N) is 1. The van der Waals surface area contributed by atoms with E-state index in [4.69, 9.17) is 9.26 Å². The number of halogens is 1. The molecule has 1 aliphatic rings. The van der Waals surface area contributed by atoms with Crippen LogP contribution in [-0.2, 0) is 0 Å². The molecule has 8 heteroatoms. The van der Waals surface area contributed by atoms with Crippen LogP contribution in [0.2, 0.25) is 0 Å². The van der Waals surface area contributed by atoms with E-state index in [2.05, 4.69) is 22.4 Å². The van der Waals surface area contributed by atoms with Gasteiger partial charge in [0.2, 0.25) is 5.82 Å². The van der Waals surface area contributed by atoms with Crippen LogP contribution in [-0.4, -0.2) is 34.7 Å². The standard InChI is InChI=1S/C24H25FN4O3/c1-4-5-13-29-15(2)20(21(26-24(29)30)16-9-11-18(25)12-10-16)23-27-22(28-32-23)17-7-6-8-19(14-17)31-3/h6-12,14,21H,4-5,13H2,1-3H3,(H,26,30). The molecule has 2 heterocycles. The van der Waals surface area contributed by atoms with Crippen molar-refractivity contribution in [2.75, 3.05) is 13.7 Å². The third kappa shape index (κ3) is 4.21. The zero-order valence-electron chi connectivity index (χ0n) is 18.3. The molecule has 1 aliphatic heterocycles. The van der Waals surface area contributed by atoms with Gasteiger partial charge >= 0.3 is 6.03 Å². The first-order valence-corrected chi connectivity index (χ1v) is 10.5. The number of unbranched alkanes of at least 4 members (excludes halogenated alkanes) is 1. The molecular weight excluding hydrogens is 411 g/mol. The number of urea groups is 1. The highest BCUT2D eigenvalue weighted by Crippen LogP contribution is 2.37. The van der Waals surface area contributed by atoms with E-state index >= 15 is 0 Å². The lowest BCUT2D eigenvalue weighted by molar-refractivity contribution is 0.204. The summed E-state index contributed by atoms with van der Waals surface area (Å²) in [4.78, 5) is 19.2. The molecule has 0 saturated heterocycles. The molecule has 32 heavy (non-hydrogen) atoms. The average molecular weight is 436 g/mol. The molecule has 2 aromatic carbocycles. The first-order valence-electron chi connectivity index (χ1n) is 10.5. The molecule has 0 fully saturated rings. The number of aromatic nitrogens is 2. The summed E-state index contributed by atoms with van der Waals surface area (Å²) >= 11 is 0. The van der Waals surface area contributed by atoms with Crippen LogP contribution < -0.4 is 10.1 Å². The molecule has 2 amide bonds. The van der Waals surface area contributed by atoms with Gasteiger partial charge in [0.15, 0.2) is 0 Å². The van der Waals surface area contributed by atoms with Gasteiger partial charge in [-0.05, 0) is 43.2 Å². The number of allylic oxidation sites excluding steroid dienone is 1. The number of carbonyl (C=O) groups excluding carboxylic acids is 1. The molecule has 0 saturated carbocycles. The van der Waals surface area contributed by atoms with E-state index in [1.54, 1.807) is 24.1 Å². The molecule has 4 rings (SSSR count). The number of amides is 2. The van der Waals surface area contributed by atoms with Gasteiger partial charge in [-0.3, -0.25) is 4.90 Å². The van der Waals surface area contributed by atoms with E-state index < -0.39 is 6.04 Å². The quantitative estimate of drug-likeness (QED) is 0.552. The predicted molar refractivity (Wildman–Crippen MR) is 118 cm³/mol. The molecule has 1 N–H and O–H groups in total. The lowest BCUT2D eigenvalue weighted by Gasteiger charge is -2.35. The minimum absolute atomic E-state index is 0.207. The first-order chi connectivity index (χ1) is 15.5. The van der Waals surface area contributed by atoms with Crippen molar-refractivity contribution in [1.29, 1.82) is 0 Å². The summed E-state index contributed by atoms with van der Waals surface area (Å²) in [6.07, 6.45) is 1.81. The molecule has 0 bridgehead atoms. The van der Waals surface area contributed by atoms with Gasteiger partial charge < -0.3 is 14.6 Å². The lowest BCUT2D eigenvalue weighted by Crippen LogP contribution is -2.46. The molecule has 166 valence electrons. The Morgan fingerprint density at radius 3 is 2.72 bits per heavy atom. The van der Waals surface area contributed by atoms with Crippen LogP contribution in [0.3, 0.4) is 0 Å². The minimum Gasteiger partial charge on any atom is -0.497 e. The predicted octanol–water partition coefficient (Wildman–Crippen LogP) is 5.18. The molecule has 0 spiro atoms. The van der Waals surface area contributed by atoms with E-state index in [0.717, 1.165) is 29.7 Å². The highest BCUT2D eigenvalue weighted by atomic mass is 19.1. The van der Waals surface area contributed by atoms with Crippen molar-refractivity contribution in [2.45, 2.75) is 32.7 Å². The van der Waals surface area contributed by atoms with Crippen molar-refractivity contribution < 1.29 is 18.4 Å². The second-order valence-electron chi connectivity index (χ2n) is 7.59. The van der Waals surface area contributed by atoms with Crippen molar-refractivity contribution in [3.8, 4) is 17.1 Å². The molecule has 3 aromatic rings. The Labute approximate surface area is 185 Å². The van der Waals surface area contributed by atoms with Crippen LogP contribution in [0.15, 0.2) is 58.8 Å². The number of ether oxygens (including phenoxy) is 1. The van der Waals surface area contributed by atoms with E-state index in [-0.39, 0.29) is 11.8 Å². The fourth-order valence-electron chi connectivity index (χ4n) is 3.76. The average Bonchev–Trinajstić information content (AvgIpc) is 3.29. The third-order valence-corrected chi connectivity index (χ3v) is 5.52. The van der Waals surface area contributed by atoms with Gasteiger partial charge in [-0.1, -0.05) is 42.8 Å². The van der Waals surface area contributed by atoms with Crippen LogP contribution in [0, 0.1) is 5.82 Å². The zero-order valence-corrected chi connectivity index (χ0v) is 18.3. The normalized spacial score (nSPS) is 16.3. The van der Waals surface area contributed by atoms with Gasteiger partial charge in [-0.25, -0.2) is 9.18 Å². The molecular formula is C24H25FN4O3. The van der Waals surface area contributed by atoms with E-state index in [9.17, 15) is 9.18 Å². The first kappa shape index (κ1) is 21.5. The molecule has 1 unspecified atom stereocenters. The summed E-state index contributed by atoms with van der Waals surface area (Å²) in [6, 6.07) is 12.7. The minimum atomic E-state index is -0.542. The summed E-state index contributed by atoms with van der Waals surface area (Å²) in [5.74, 6) is 1.05. The summed E-state index contributed by atoms with van der Waals surface area (Å²) in [6.45, 7) is 4.52. The van der Waals surface area contributed by atoms with Crippen molar-refractivity contribution in [2.24, 2.45) is 0 Å². The summed E-state index contributed by atoms with van der Waals surface area (Å²) in [5.41, 5.74) is 2.90. The number of methoxy groups -OCH3 is 1. The number of nitrogens with zero attached hydrogens (tertiary/aromatic N) is 3. The largest absolute Gasteiger partial charge is 0.497 e. The van der Waals surface area contributed by atoms with Gasteiger partial charge in [-0.2, -0.15) is 4.98 Å². The second-order valence-corrected chi connectivity index (χ2v) is 7.59. The van der Waals surface area contributed by atoms with Crippen LogP contribution in [0.5, 0.6) is 5.75 Å². The van der Waals surface area contributed by atoms with E-state index in [0.29, 0.717) is 29.6 Å². The number of benzene rings is 2. The van der Waals surface area contributed by atoms with Crippen LogP contribution in [0.1, 0.15) is 44.2 Å². The van der Waals surface area contributed by atoms with Gasteiger partial charge in [0.25, 0.3) is 5.89 Å². The molecule has 1 atom stereocenters. The lowest BCUT2D eigenvalue weighted by atomic mass is 9.94. The highest BCUT2D eigenvalue weighted by Gasteiger charge is 2.35. The Balaban J connectivity index is 1.79. The van der Waals surface area contributed by atoms with E-state index in [1.165, 1.54) is 12.1 Å². The van der Waals surface area contributed by atoms with Crippen molar-refractivity contribution in [3.05, 3.63) is 71.5 Å². The molecule has 0 radical (unpaired) electrons. The molecule has 7 nitrogen and oxygen atoms in total. The summed E-state index contributed by atoms with van der Waals surface area (Å²) < 4.78 is 24.5. The van der Waals surface area contributed by atoms with Crippen LogP contribution in [0.4, 0.5) is 9.18 Å². The van der Waals surface area contributed by atoms with Gasteiger partial charge in [0.1, 0.15) is 11.6 Å². The monoisotopic (exact) mass is 436 g/mol. The Bertz CT molecular complexity index is 1140. The van der Waals surface area contributed by atoms with Crippen molar-refractivity contribution in [3.63, 3.8) is 0 Å². The van der Waals surface area contributed by atoms with Crippen molar-refractivity contribution >= 4 is 11.6 Å². The van der Waals surface area contributed by atoms with Gasteiger partial charge in [0.05, 0.1) is 18.7 Å². The maximum atomic E-state index is 13.5. The maximum absolute atomic E-state index is 13.5. The summed E-state index contributed by atoms with van der Waals surface area (Å²) in [5, 5.41) is 7.17. The smallest absolute Gasteiger partial charge is 0.322 e. The number of hydrogen-bond acceptors (Lipinski definition) is 5. The van der Waals surface area contributed by atoms with E-state index in [1.807, 2.05) is 31.2 Å². The van der Waals surface area contributed by atoms with Gasteiger partial charge in [0, 0.05) is 17.8 Å². The van der Waals surface area contributed by atoms with Crippen LogP contribution >= 0.6 is 0 Å². The van der Waals surface area contributed by atoms with Crippen molar-refractivity contribution in [1.82, 2.24) is 20.4 Å².